The van der Waals surface area contributed by atoms with E-state index in [1.807, 2.05) is 24.3 Å². The van der Waals surface area contributed by atoms with Gasteiger partial charge in [-0.25, -0.2) is 9.89 Å². The Balaban J connectivity index is 1.76. The number of amidine groups is 2. The number of carbonyl (C=O) groups excluding carboxylic acids is 2. The minimum Gasteiger partial charge on any atom is -0.356 e. The number of thioether (sulfide) groups is 1. The van der Waals surface area contributed by atoms with Crippen molar-refractivity contribution in [1.29, 1.82) is 5.26 Å². The summed E-state index contributed by atoms with van der Waals surface area (Å²) >= 11 is 1.22. The maximum atomic E-state index is 12.9. The Morgan fingerprint density at radius 3 is 3.00 bits per heavy atom. The number of nitrogens with zero attached hydrogens (tertiary/aromatic N) is 4. The van der Waals surface area contributed by atoms with Crippen molar-refractivity contribution in [2.75, 3.05) is 12.3 Å². The van der Waals surface area contributed by atoms with E-state index in [0.29, 0.717) is 24.0 Å². The van der Waals surface area contributed by atoms with Crippen LogP contribution in [0.4, 0.5) is 5.69 Å². The molecule has 1 aromatic carbocycles. The molecule has 0 aliphatic carbocycles. The number of rotatable bonds is 7. The molecule has 2 aliphatic heterocycles. The second kappa shape index (κ2) is 8.82. The average molecular weight is 383 g/mol. The largest absolute Gasteiger partial charge is 0.356 e. The Hall–Kier alpha value is -2.66. The molecule has 0 spiro atoms. The summed E-state index contributed by atoms with van der Waals surface area (Å²) in [6.07, 6.45) is 2.57. The lowest BCUT2D eigenvalue weighted by Crippen LogP contribution is -2.41. The number of hydrogen-bond donors (Lipinski definition) is 1. The third-order valence-corrected chi connectivity index (χ3v) is 5.12. The van der Waals surface area contributed by atoms with E-state index in [1.54, 1.807) is 0 Å². The Kier molecular flexibility index (Phi) is 6.24. The first kappa shape index (κ1) is 19.1. The first-order chi connectivity index (χ1) is 13.2. The number of amides is 2. The standard InChI is InChI=1S/C19H21N5O2S/c1-2-3-11-21-16(25)9-8-15-18(26)24-17(22-15)13-6-4-5-7-14(13)23-19(24)27-12-10-20/h4-7,15H,2-3,8-9,11-12H2,1H3,(H,21,25). The number of fused-ring (bicyclic) bond motifs is 3. The fourth-order valence-electron chi connectivity index (χ4n) is 2.94. The summed E-state index contributed by atoms with van der Waals surface area (Å²) in [5, 5.41) is 12.2. The number of carbonyl (C=O) groups is 2. The molecule has 27 heavy (non-hydrogen) atoms. The molecule has 3 rings (SSSR count). The number of unbranched alkanes of at least 4 members (excludes halogenated alkanes) is 1. The summed E-state index contributed by atoms with van der Waals surface area (Å²) in [5.41, 5.74) is 1.53. The number of aliphatic imine (C=N–C) groups is 2. The van der Waals surface area contributed by atoms with Gasteiger partial charge in [0.1, 0.15) is 11.9 Å². The molecule has 1 atom stereocenters. The molecule has 0 saturated heterocycles. The van der Waals surface area contributed by atoms with Crippen molar-refractivity contribution in [2.24, 2.45) is 9.98 Å². The highest BCUT2D eigenvalue weighted by molar-refractivity contribution is 8.14. The molecule has 2 amide bonds. The van der Waals surface area contributed by atoms with Gasteiger partial charge in [0.15, 0.2) is 5.17 Å². The zero-order valence-electron chi connectivity index (χ0n) is 15.1. The van der Waals surface area contributed by atoms with Crippen LogP contribution in [-0.4, -0.2) is 46.1 Å². The summed E-state index contributed by atoms with van der Waals surface area (Å²) in [6.45, 7) is 2.72. The molecule has 1 unspecified atom stereocenters. The maximum Gasteiger partial charge on any atom is 0.259 e. The van der Waals surface area contributed by atoms with Crippen molar-refractivity contribution in [1.82, 2.24) is 10.2 Å². The first-order valence-corrected chi connectivity index (χ1v) is 10.0. The van der Waals surface area contributed by atoms with Crippen molar-refractivity contribution < 1.29 is 9.59 Å². The smallest absolute Gasteiger partial charge is 0.259 e. The van der Waals surface area contributed by atoms with Crippen molar-refractivity contribution in [3.63, 3.8) is 0 Å². The van der Waals surface area contributed by atoms with E-state index in [4.69, 9.17) is 5.26 Å². The van der Waals surface area contributed by atoms with Gasteiger partial charge >= 0.3 is 0 Å². The van der Waals surface area contributed by atoms with Gasteiger partial charge in [-0.1, -0.05) is 37.2 Å². The number of nitrogens with one attached hydrogen (secondary N) is 1. The minimum atomic E-state index is -0.601. The summed E-state index contributed by atoms with van der Waals surface area (Å²) in [5.74, 6) is 0.504. The average Bonchev–Trinajstić information content (AvgIpc) is 3.02. The number of nitriles is 1. The van der Waals surface area contributed by atoms with Crippen LogP contribution in [0.15, 0.2) is 34.3 Å². The zero-order chi connectivity index (χ0) is 19.2. The molecular weight excluding hydrogens is 362 g/mol. The quantitative estimate of drug-likeness (QED) is 0.732. The fraction of sp³-hybridized carbons (Fsp3) is 0.421. The molecule has 2 aliphatic rings. The van der Waals surface area contributed by atoms with Gasteiger partial charge in [-0.3, -0.25) is 14.6 Å². The van der Waals surface area contributed by atoms with Crippen LogP contribution in [-0.2, 0) is 9.59 Å². The van der Waals surface area contributed by atoms with Crippen LogP contribution in [0.5, 0.6) is 0 Å². The molecule has 0 radical (unpaired) electrons. The number of hydrogen-bond acceptors (Lipinski definition) is 6. The monoisotopic (exact) mass is 383 g/mol. The van der Waals surface area contributed by atoms with E-state index < -0.39 is 6.04 Å². The Morgan fingerprint density at radius 1 is 1.41 bits per heavy atom. The van der Waals surface area contributed by atoms with Crippen LogP contribution in [0.3, 0.4) is 0 Å². The first-order valence-electron chi connectivity index (χ1n) is 9.02. The molecule has 0 saturated carbocycles. The van der Waals surface area contributed by atoms with Gasteiger partial charge in [-0.05, 0) is 25.0 Å². The second-order valence-electron chi connectivity index (χ2n) is 6.24. The number of para-hydroxylation sites is 1. The van der Waals surface area contributed by atoms with Crippen molar-refractivity contribution in [2.45, 2.75) is 38.6 Å². The highest BCUT2D eigenvalue weighted by Crippen LogP contribution is 2.34. The fourth-order valence-corrected chi connectivity index (χ4v) is 3.61. The molecule has 1 aromatic rings. The number of benzene rings is 1. The van der Waals surface area contributed by atoms with Crippen molar-refractivity contribution in [3.8, 4) is 6.07 Å². The summed E-state index contributed by atoms with van der Waals surface area (Å²) in [4.78, 5) is 35.5. The van der Waals surface area contributed by atoms with Crippen LogP contribution < -0.4 is 5.32 Å². The van der Waals surface area contributed by atoms with Crippen LogP contribution in [0.1, 0.15) is 38.2 Å². The molecule has 140 valence electrons. The lowest BCUT2D eigenvalue weighted by atomic mass is 10.1. The van der Waals surface area contributed by atoms with Gasteiger partial charge in [0, 0.05) is 18.5 Å². The van der Waals surface area contributed by atoms with Gasteiger partial charge in [-0.2, -0.15) is 5.26 Å². The Labute approximate surface area is 162 Å². The van der Waals surface area contributed by atoms with E-state index in [9.17, 15) is 9.59 Å². The topological polar surface area (TPSA) is 97.9 Å². The minimum absolute atomic E-state index is 0.0607. The molecule has 0 aromatic heterocycles. The molecular formula is C19H21N5O2S. The SMILES string of the molecule is CCCCNC(=O)CCC1N=C2c3ccccc3N=C(SCC#N)N2C1=O. The molecule has 8 heteroatoms. The van der Waals surface area contributed by atoms with E-state index in [0.717, 1.165) is 24.1 Å². The molecule has 0 fully saturated rings. The van der Waals surface area contributed by atoms with Crippen LogP contribution in [0.25, 0.3) is 0 Å². The highest BCUT2D eigenvalue weighted by atomic mass is 32.2. The highest BCUT2D eigenvalue weighted by Gasteiger charge is 2.41. The second-order valence-corrected chi connectivity index (χ2v) is 7.19. The molecule has 2 heterocycles. The van der Waals surface area contributed by atoms with Crippen LogP contribution >= 0.6 is 11.8 Å². The van der Waals surface area contributed by atoms with Gasteiger partial charge in [0.25, 0.3) is 5.91 Å². The predicted molar refractivity (Wildman–Crippen MR) is 106 cm³/mol. The lowest BCUT2D eigenvalue weighted by Gasteiger charge is -2.25. The van der Waals surface area contributed by atoms with Crippen LogP contribution in [0.2, 0.25) is 0 Å². The van der Waals surface area contributed by atoms with E-state index >= 15 is 0 Å². The molecule has 7 nitrogen and oxygen atoms in total. The van der Waals surface area contributed by atoms with E-state index in [2.05, 4.69) is 28.3 Å². The van der Waals surface area contributed by atoms with Gasteiger partial charge in [0.05, 0.1) is 17.5 Å². The maximum absolute atomic E-state index is 12.9. The van der Waals surface area contributed by atoms with E-state index in [-0.39, 0.29) is 24.0 Å². The van der Waals surface area contributed by atoms with Crippen molar-refractivity contribution >= 4 is 40.3 Å². The third-order valence-electron chi connectivity index (χ3n) is 4.31. The van der Waals surface area contributed by atoms with Crippen LogP contribution in [0, 0.1) is 11.3 Å². The molecule has 0 bridgehead atoms. The summed E-state index contributed by atoms with van der Waals surface area (Å²) in [7, 11) is 0. The predicted octanol–water partition coefficient (Wildman–Crippen LogP) is 2.60. The molecule has 1 N–H and O–H groups in total. The van der Waals surface area contributed by atoms with Gasteiger partial charge < -0.3 is 5.32 Å². The summed E-state index contributed by atoms with van der Waals surface area (Å²) < 4.78 is 0. The normalized spacial score (nSPS) is 17.6. The lowest BCUT2D eigenvalue weighted by molar-refractivity contribution is -0.125. The zero-order valence-corrected chi connectivity index (χ0v) is 16.0. The van der Waals surface area contributed by atoms with Crippen molar-refractivity contribution in [3.05, 3.63) is 29.8 Å². The Morgan fingerprint density at radius 2 is 2.22 bits per heavy atom. The summed E-state index contributed by atoms with van der Waals surface area (Å²) in [6, 6.07) is 8.95. The van der Waals surface area contributed by atoms with E-state index in [1.165, 1.54) is 16.7 Å². The Bertz CT molecular complexity index is 843. The van der Waals surface area contributed by atoms with Gasteiger partial charge in [0.2, 0.25) is 5.91 Å². The third kappa shape index (κ3) is 4.19. The van der Waals surface area contributed by atoms with Gasteiger partial charge in [-0.15, -0.1) is 0 Å².